The van der Waals surface area contributed by atoms with Crippen molar-refractivity contribution in [3.63, 3.8) is 0 Å². The van der Waals surface area contributed by atoms with E-state index < -0.39 is 0 Å². The Morgan fingerprint density at radius 1 is 1.14 bits per heavy atom. The monoisotopic (exact) mass is 295 g/mol. The molecule has 3 rings (SSSR count). The molecule has 0 unspecified atom stereocenters. The first-order valence-corrected chi connectivity index (χ1v) is 7.22. The van der Waals surface area contributed by atoms with Gasteiger partial charge in [-0.15, -0.1) is 0 Å². The molecule has 22 heavy (non-hydrogen) atoms. The lowest BCUT2D eigenvalue weighted by Crippen LogP contribution is -2.07. The molecule has 1 N–H and O–H groups in total. The van der Waals surface area contributed by atoms with Crippen LogP contribution in [0.15, 0.2) is 48.5 Å². The number of rotatable bonds is 4. The number of hydrogen-bond donors (Lipinski definition) is 1. The average Bonchev–Trinajstić information content (AvgIpc) is 3.01. The number of nitrogens with one attached hydrogen (secondary N) is 1. The molecular formula is C18H17NO3. The van der Waals surface area contributed by atoms with E-state index in [-0.39, 0.29) is 12.7 Å². The highest BCUT2D eigenvalue weighted by Crippen LogP contribution is 2.32. The molecule has 0 saturated heterocycles. The molecule has 0 spiro atoms. The molecule has 0 saturated carbocycles. The number of fused-ring (bicyclic) bond motifs is 1. The molecule has 0 bridgehead atoms. The van der Waals surface area contributed by atoms with Crippen LogP contribution in [0.1, 0.15) is 18.1 Å². The van der Waals surface area contributed by atoms with Crippen molar-refractivity contribution < 1.29 is 14.3 Å². The summed E-state index contributed by atoms with van der Waals surface area (Å²) >= 11 is 0. The fraction of sp³-hybridized carbons (Fsp3) is 0.167. The van der Waals surface area contributed by atoms with Crippen LogP contribution in [0.3, 0.4) is 0 Å². The van der Waals surface area contributed by atoms with Crippen LogP contribution in [0.5, 0.6) is 11.5 Å². The predicted molar refractivity (Wildman–Crippen MR) is 86.0 cm³/mol. The van der Waals surface area contributed by atoms with Gasteiger partial charge in [0, 0.05) is 11.8 Å². The zero-order valence-corrected chi connectivity index (χ0v) is 12.3. The number of carbonyl (C=O) groups excluding carboxylic acids is 1. The van der Waals surface area contributed by atoms with Gasteiger partial charge in [0.05, 0.1) is 0 Å². The lowest BCUT2D eigenvalue weighted by atomic mass is 10.1. The van der Waals surface area contributed by atoms with Gasteiger partial charge in [0.25, 0.3) is 0 Å². The van der Waals surface area contributed by atoms with E-state index >= 15 is 0 Å². The van der Waals surface area contributed by atoms with Gasteiger partial charge >= 0.3 is 0 Å². The van der Waals surface area contributed by atoms with Gasteiger partial charge in [-0.3, -0.25) is 4.79 Å². The number of aryl methyl sites for hydroxylation is 1. The van der Waals surface area contributed by atoms with E-state index in [4.69, 9.17) is 9.47 Å². The largest absolute Gasteiger partial charge is 0.454 e. The molecule has 2 aromatic carbocycles. The second kappa shape index (κ2) is 6.35. The van der Waals surface area contributed by atoms with Crippen LogP contribution in [0.2, 0.25) is 0 Å². The van der Waals surface area contributed by atoms with E-state index in [9.17, 15) is 4.79 Å². The van der Waals surface area contributed by atoms with E-state index in [1.54, 1.807) is 6.08 Å². The van der Waals surface area contributed by atoms with Gasteiger partial charge in [-0.1, -0.05) is 25.1 Å². The third-order valence-corrected chi connectivity index (χ3v) is 3.45. The molecule has 0 aromatic heterocycles. The fourth-order valence-electron chi connectivity index (χ4n) is 2.20. The van der Waals surface area contributed by atoms with Crippen molar-refractivity contribution in [2.45, 2.75) is 13.3 Å². The lowest BCUT2D eigenvalue weighted by Gasteiger charge is -2.03. The van der Waals surface area contributed by atoms with Crippen LogP contribution in [0.4, 0.5) is 5.69 Å². The number of anilines is 1. The van der Waals surface area contributed by atoms with Gasteiger partial charge in [-0.05, 0) is 47.9 Å². The topological polar surface area (TPSA) is 47.6 Å². The van der Waals surface area contributed by atoms with Gasteiger partial charge in [0.2, 0.25) is 12.7 Å². The molecule has 112 valence electrons. The third kappa shape index (κ3) is 3.28. The van der Waals surface area contributed by atoms with E-state index in [2.05, 4.69) is 12.2 Å². The highest BCUT2D eigenvalue weighted by molar-refractivity contribution is 6.01. The maximum absolute atomic E-state index is 11.9. The summed E-state index contributed by atoms with van der Waals surface area (Å²) in [5.74, 6) is 1.28. The third-order valence-electron chi connectivity index (χ3n) is 3.45. The second-order valence-electron chi connectivity index (χ2n) is 4.99. The van der Waals surface area contributed by atoms with Crippen molar-refractivity contribution in [2.24, 2.45) is 0 Å². The van der Waals surface area contributed by atoms with Crippen molar-refractivity contribution >= 4 is 17.7 Å². The summed E-state index contributed by atoms with van der Waals surface area (Å²) in [7, 11) is 0. The van der Waals surface area contributed by atoms with Crippen molar-refractivity contribution in [1.29, 1.82) is 0 Å². The van der Waals surface area contributed by atoms with Crippen LogP contribution in [0, 0.1) is 0 Å². The summed E-state index contributed by atoms with van der Waals surface area (Å²) < 4.78 is 10.6. The molecule has 4 nitrogen and oxygen atoms in total. The zero-order valence-electron chi connectivity index (χ0n) is 12.3. The van der Waals surface area contributed by atoms with Crippen LogP contribution in [-0.2, 0) is 11.2 Å². The molecule has 0 atom stereocenters. The van der Waals surface area contributed by atoms with Crippen LogP contribution >= 0.6 is 0 Å². The molecule has 0 aliphatic carbocycles. The van der Waals surface area contributed by atoms with Crippen LogP contribution in [-0.4, -0.2) is 12.7 Å². The maximum Gasteiger partial charge on any atom is 0.248 e. The standard InChI is InChI=1S/C18H17NO3/c1-2-13-3-7-15(8-4-13)19-18(20)10-6-14-5-9-16-17(11-14)22-12-21-16/h3-11H,2,12H2,1H3,(H,19,20). The van der Waals surface area contributed by atoms with Crippen LogP contribution in [0.25, 0.3) is 6.08 Å². The Morgan fingerprint density at radius 2 is 1.91 bits per heavy atom. The van der Waals surface area contributed by atoms with Crippen molar-refractivity contribution in [2.75, 3.05) is 12.1 Å². The molecule has 2 aromatic rings. The molecule has 0 radical (unpaired) electrons. The Labute approximate surface area is 129 Å². The summed E-state index contributed by atoms with van der Waals surface area (Å²) in [5.41, 5.74) is 2.92. The normalized spacial score (nSPS) is 12.6. The molecule has 1 aliphatic heterocycles. The molecule has 1 heterocycles. The summed E-state index contributed by atoms with van der Waals surface area (Å²) in [6.07, 6.45) is 4.24. The van der Waals surface area contributed by atoms with E-state index in [0.29, 0.717) is 5.75 Å². The number of ether oxygens (including phenoxy) is 2. The summed E-state index contributed by atoms with van der Waals surface area (Å²) in [6.45, 7) is 2.35. The summed E-state index contributed by atoms with van der Waals surface area (Å²) in [5, 5.41) is 2.83. The molecule has 0 fully saturated rings. The predicted octanol–water partition coefficient (Wildman–Crippen LogP) is 3.63. The second-order valence-corrected chi connectivity index (χ2v) is 4.99. The van der Waals surface area contributed by atoms with Crippen molar-refractivity contribution in [3.05, 3.63) is 59.7 Å². The molecule has 1 aliphatic rings. The highest BCUT2D eigenvalue weighted by atomic mass is 16.7. The SMILES string of the molecule is CCc1ccc(NC(=O)C=Cc2ccc3c(c2)OCO3)cc1. The average molecular weight is 295 g/mol. The van der Waals surface area contributed by atoms with Gasteiger partial charge in [-0.2, -0.15) is 0 Å². The highest BCUT2D eigenvalue weighted by Gasteiger charge is 2.12. The van der Waals surface area contributed by atoms with Crippen LogP contribution < -0.4 is 14.8 Å². The van der Waals surface area contributed by atoms with Gasteiger partial charge < -0.3 is 14.8 Å². The summed E-state index contributed by atoms with van der Waals surface area (Å²) in [4.78, 5) is 11.9. The minimum absolute atomic E-state index is 0.165. The Hall–Kier alpha value is -2.75. The first kappa shape index (κ1) is 14.2. The van der Waals surface area contributed by atoms with Crippen molar-refractivity contribution in [3.8, 4) is 11.5 Å². The molecule has 1 amide bonds. The number of carbonyl (C=O) groups is 1. The molecular weight excluding hydrogens is 278 g/mol. The van der Waals surface area contributed by atoms with E-state index in [1.165, 1.54) is 11.6 Å². The Morgan fingerprint density at radius 3 is 2.68 bits per heavy atom. The quantitative estimate of drug-likeness (QED) is 0.876. The lowest BCUT2D eigenvalue weighted by molar-refractivity contribution is -0.111. The van der Waals surface area contributed by atoms with Gasteiger partial charge in [0.1, 0.15) is 0 Å². The van der Waals surface area contributed by atoms with Gasteiger partial charge in [-0.25, -0.2) is 0 Å². The number of benzene rings is 2. The first-order valence-electron chi connectivity index (χ1n) is 7.22. The zero-order chi connectivity index (χ0) is 15.4. The molecule has 4 heteroatoms. The van der Waals surface area contributed by atoms with Crippen molar-refractivity contribution in [1.82, 2.24) is 0 Å². The van der Waals surface area contributed by atoms with Gasteiger partial charge in [0.15, 0.2) is 11.5 Å². The maximum atomic E-state index is 11.9. The number of amides is 1. The minimum atomic E-state index is -0.165. The smallest absolute Gasteiger partial charge is 0.248 e. The minimum Gasteiger partial charge on any atom is -0.454 e. The Kier molecular flexibility index (Phi) is 4.10. The summed E-state index contributed by atoms with van der Waals surface area (Å²) in [6, 6.07) is 13.4. The Bertz CT molecular complexity index is 705. The van der Waals surface area contributed by atoms with E-state index in [1.807, 2.05) is 42.5 Å². The van der Waals surface area contributed by atoms with E-state index in [0.717, 1.165) is 23.4 Å². The fourth-order valence-corrected chi connectivity index (χ4v) is 2.20. The number of hydrogen-bond acceptors (Lipinski definition) is 3. The first-order chi connectivity index (χ1) is 10.7. The Balaban J connectivity index is 1.63.